The van der Waals surface area contributed by atoms with Gasteiger partial charge < -0.3 is 20.7 Å². The van der Waals surface area contributed by atoms with Crippen LogP contribution in [0.2, 0.25) is 0 Å². The molecule has 0 aliphatic rings. The Hall–Kier alpha value is -3.64. The molecule has 3 aromatic carbocycles. The van der Waals surface area contributed by atoms with E-state index in [-0.39, 0.29) is 24.5 Å². The minimum atomic E-state index is -0.199. The van der Waals surface area contributed by atoms with Gasteiger partial charge in [-0.05, 0) is 61.9 Å². The summed E-state index contributed by atoms with van der Waals surface area (Å²) in [6.07, 6.45) is 0.137. The fourth-order valence-electron chi connectivity index (χ4n) is 2.95. The first kappa shape index (κ1) is 22.1. The Bertz CT molecular complexity index is 1000. The number of hydrogen-bond donors (Lipinski definition) is 3. The molecule has 3 aromatic rings. The molecule has 0 heterocycles. The van der Waals surface area contributed by atoms with Gasteiger partial charge in [-0.15, -0.1) is 0 Å². The van der Waals surface area contributed by atoms with Gasteiger partial charge in [-0.25, -0.2) is 0 Å². The first-order valence-corrected chi connectivity index (χ1v) is 10.2. The largest absolute Gasteiger partial charge is 0.491 e. The Morgan fingerprint density at radius 1 is 0.839 bits per heavy atom. The SMILES string of the molecule is CC(C)Oc1ccc(CNCC(=O)Nc2cccc(NC(=O)c3ccccc3)c2)cc1. The summed E-state index contributed by atoms with van der Waals surface area (Å²) in [6.45, 7) is 4.72. The van der Waals surface area contributed by atoms with Crippen molar-refractivity contribution < 1.29 is 14.3 Å². The number of hydrogen-bond acceptors (Lipinski definition) is 4. The molecule has 0 bridgehead atoms. The first-order valence-electron chi connectivity index (χ1n) is 10.2. The van der Waals surface area contributed by atoms with E-state index >= 15 is 0 Å². The number of ether oxygens (including phenoxy) is 1. The molecule has 2 amide bonds. The van der Waals surface area contributed by atoms with Gasteiger partial charge in [-0.1, -0.05) is 36.4 Å². The highest BCUT2D eigenvalue weighted by molar-refractivity contribution is 6.04. The number of carbonyl (C=O) groups excluding carboxylic acids is 2. The van der Waals surface area contributed by atoms with Crippen molar-refractivity contribution in [2.24, 2.45) is 0 Å². The van der Waals surface area contributed by atoms with Gasteiger partial charge >= 0.3 is 0 Å². The fraction of sp³-hybridized carbons (Fsp3) is 0.200. The standard InChI is InChI=1S/C25H27N3O3/c1-18(2)31-23-13-11-19(12-14-23)16-26-17-24(29)27-21-9-6-10-22(15-21)28-25(30)20-7-4-3-5-8-20/h3-15,18,26H,16-17H2,1-2H3,(H,27,29)(H,28,30). The molecule has 0 aliphatic heterocycles. The van der Waals surface area contributed by atoms with E-state index in [9.17, 15) is 9.59 Å². The van der Waals surface area contributed by atoms with Gasteiger partial charge in [-0.3, -0.25) is 9.59 Å². The van der Waals surface area contributed by atoms with Crippen LogP contribution < -0.4 is 20.7 Å². The maximum absolute atomic E-state index is 12.3. The molecule has 160 valence electrons. The molecule has 0 fully saturated rings. The summed E-state index contributed by atoms with van der Waals surface area (Å²) in [7, 11) is 0. The van der Waals surface area contributed by atoms with Crippen LogP contribution in [0, 0.1) is 0 Å². The molecular formula is C25H27N3O3. The zero-order valence-electron chi connectivity index (χ0n) is 17.7. The molecule has 6 heteroatoms. The normalized spacial score (nSPS) is 10.5. The molecule has 3 rings (SSSR count). The van der Waals surface area contributed by atoms with Crippen LogP contribution in [0.25, 0.3) is 0 Å². The summed E-state index contributed by atoms with van der Waals surface area (Å²) in [6, 6.07) is 23.8. The van der Waals surface area contributed by atoms with Crippen LogP contribution in [0.5, 0.6) is 5.75 Å². The van der Waals surface area contributed by atoms with Gasteiger partial charge in [0.2, 0.25) is 5.91 Å². The molecule has 0 aromatic heterocycles. The van der Waals surface area contributed by atoms with E-state index < -0.39 is 0 Å². The Labute approximate surface area is 182 Å². The lowest BCUT2D eigenvalue weighted by molar-refractivity contribution is -0.115. The Balaban J connectivity index is 1.46. The van der Waals surface area contributed by atoms with Crippen molar-refractivity contribution in [2.45, 2.75) is 26.5 Å². The van der Waals surface area contributed by atoms with E-state index in [1.54, 1.807) is 36.4 Å². The van der Waals surface area contributed by atoms with E-state index in [2.05, 4.69) is 16.0 Å². The third kappa shape index (κ3) is 7.28. The summed E-state index contributed by atoms with van der Waals surface area (Å²) in [5.41, 5.74) is 2.87. The number of nitrogens with one attached hydrogen (secondary N) is 3. The Morgan fingerprint density at radius 3 is 2.19 bits per heavy atom. The van der Waals surface area contributed by atoms with Gasteiger partial charge in [-0.2, -0.15) is 0 Å². The minimum Gasteiger partial charge on any atom is -0.491 e. The molecule has 0 radical (unpaired) electrons. The van der Waals surface area contributed by atoms with Crippen molar-refractivity contribution in [1.29, 1.82) is 0 Å². The highest BCUT2D eigenvalue weighted by atomic mass is 16.5. The van der Waals surface area contributed by atoms with Crippen LogP contribution in [-0.2, 0) is 11.3 Å². The summed E-state index contributed by atoms with van der Waals surface area (Å²) in [4.78, 5) is 24.5. The third-order valence-corrected chi connectivity index (χ3v) is 4.35. The second-order valence-electron chi connectivity index (χ2n) is 7.36. The van der Waals surface area contributed by atoms with Gasteiger partial charge in [0.1, 0.15) is 5.75 Å². The molecule has 0 saturated carbocycles. The highest BCUT2D eigenvalue weighted by Crippen LogP contribution is 2.16. The van der Waals surface area contributed by atoms with Crippen LogP contribution in [0.15, 0.2) is 78.9 Å². The molecule has 3 N–H and O–H groups in total. The molecule has 0 saturated heterocycles. The number of amides is 2. The lowest BCUT2D eigenvalue weighted by Crippen LogP contribution is -2.27. The first-order chi connectivity index (χ1) is 15.0. The lowest BCUT2D eigenvalue weighted by atomic mass is 10.2. The zero-order chi connectivity index (χ0) is 22.1. The van der Waals surface area contributed by atoms with Crippen molar-refractivity contribution in [3.05, 3.63) is 90.0 Å². The van der Waals surface area contributed by atoms with E-state index in [4.69, 9.17) is 4.74 Å². The number of carbonyl (C=O) groups is 2. The average molecular weight is 418 g/mol. The second kappa shape index (κ2) is 10.9. The summed E-state index contributed by atoms with van der Waals surface area (Å²) in [5.74, 6) is 0.470. The topological polar surface area (TPSA) is 79.5 Å². The number of rotatable bonds is 9. The Kier molecular flexibility index (Phi) is 7.79. The van der Waals surface area contributed by atoms with Crippen molar-refractivity contribution in [3.8, 4) is 5.75 Å². The van der Waals surface area contributed by atoms with Gasteiger partial charge in [0.05, 0.1) is 12.6 Å². The maximum Gasteiger partial charge on any atom is 0.255 e. The van der Waals surface area contributed by atoms with Crippen molar-refractivity contribution in [1.82, 2.24) is 5.32 Å². The second-order valence-corrected chi connectivity index (χ2v) is 7.36. The third-order valence-electron chi connectivity index (χ3n) is 4.35. The van der Waals surface area contributed by atoms with E-state index in [1.807, 2.05) is 56.3 Å². The molecular weight excluding hydrogens is 390 g/mol. The smallest absolute Gasteiger partial charge is 0.255 e. The fourth-order valence-corrected chi connectivity index (χ4v) is 2.95. The maximum atomic E-state index is 12.3. The van der Waals surface area contributed by atoms with Crippen molar-refractivity contribution in [2.75, 3.05) is 17.2 Å². The molecule has 0 unspecified atom stereocenters. The molecule has 0 spiro atoms. The highest BCUT2D eigenvalue weighted by Gasteiger charge is 2.07. The predicted octanol–water partition coefficient (Wildman–Crippen LogP) is 4.45. The van der Waals surface area contributed by atoms with E-state index in [1.165, 1.54) is 0 Å². The summed E-state index contributed by atoms with van der Waals surface area (Å²) in [5, 5.41) is 8.80. The zero-order valence-corrected chi connectivity index (χ0v) is 17.7. The van der Waals surface area contributed by atoms with E-state index in [0.29, 0.717) is 23.5 Å². The van der Waals surface area contributed by atoms with Crippen LogP contribution in [0.3, 0.4) is 0 Å². The summed E-state index contributed by atoms with van der Waals surface area (Å²) >= 11 is 0. The van der Waals surface area contributed by atoms with Crippen LogP contribution in [0.1, 0.15) is 29.8 Å². The summed E-state index contributed by atoms with van der Waals surface area (Å²) < 4.78 is 5.63. The van der Waals surface area contributed by atoms with Gasteiger partial charge in [0, 0.05) is 23.5 Å². The number of anilines is 2. The molecule has 31 heavy (non-hydrogen) atoms. The minimum absolute atomic E-state index is 0.137. The molecule has 6 nitrogen and oxygen atoms in total. The van der Waals surface area contributed by atoms with Crippen molar-refractivity contribution >= 4 is 23.2 Å². The van der Waals surface area contributed by atoms with Gasteiger partial charge in [0.15, 0.2) is 0 Å². The van der Waals surface area contributed by atoms with Crippen LogP contribution in [-0.4, -0.2) is 24.5 Å². The molecule has 0 atom stereocenters. The van der Waals surface area contributed by atoms with Crippen LogP contribution >= 0.6 is 0 Å². The molecule has 0 aliphatic carbocycles. The predicted molar refractivity (Wildman–Crippen MR) is 123 cm³/mol. The van der Waals surface area contributed by atoms with Crippen molar-refractivity contribution in [3.63, 3.8) is 0 Å². The van der Waals surface area contributed by atoms with Gasteiger partial charge in [0.25, 0.3) is 5.91 Å². The average Bonchev–Trinajstić information content (AvgIpc) is 2.75. The lowest BCUT2D eigenvalue weighted by Gasteiger charge is -2.11. The van der Waals surface area contributed by atoms with Crippen LogP contribution in [0.4, 0.5) is 11.4 Å². The number of benzene rings is 3. The monoisotopic (exact) mass is 417 g/mol. The Morgan fingerprint density at radius 2 is 1.52 bits per heavy atom. The quantitative estimate of drug-likeness (QED) is 0.480. The van der Waals surface area contributed by atoms with E-state index in [0.717, 1.165) is 11.3 Å².